The standard InChI is InChI=1S/C8H12N2O/c1-4-7(11)5-10-8(2,3)6-9/h5H,4H2,1-3H3. The summed E-state index contributed by atoms with van der Waals surface area (Å²) >= 11 is 0. The van der Waals surface area contributed by atoms with Gasteiger partial charge in [-0.25, -0.2) is 0 Å². The van der Waals surface area contributed by atoms with E-state index in [1.165, 1.54) is 6.21 Å². The molecule has 3 heteroatoms. The van der Waals surface area contributed by atoms with Gasteiger partial charge in [-0.3, -0.25) is 9.79 Å². The van der Waals surface area contributed by atoms with Gasteiger partial charge in [-0.15, -0.1) is 0 Å². The van der Waals surface area contributed by atoms with Gasteiger partial charge in [0.25, 0.3) is 0 Å². The zero-order valence-corrected chi connectivity index (χ0v) is 7.09. The van der Waals surface area contributed by atoms with Crippen molar-refractivity contribution in [3.63, 3.8) is 0 Å². The molecule has 0 fully saturated rings. The maximum atomic E-state index is 10.7. The monoisotopic (exact) mass is 152 g/mol. The number of ketones is 1. The topological polar surface area (TPSA) is 53.2 Å². The second-order valence-corrected chi connectivity index (χ2v) is 2.75. The third kappa shape index (κ3) is 4.26. The van der Waals surface area contributed by atoms with Gasteiger partial charge in [-0.2, -0.15) is 5.26 Å². The highest BCUT2D eigenvalue weighted by Crippen LogP contribution is 2.04. The first-order valence-corrected chi connectivity index (χ1v) is 3.51. The van der Waals surface area contributed by atoms with Gasteiger partial charge in [0.1, 0.15) is 5.54 Å². The maximum Gasteiger partial charge on any atom is 0.173 e. The lowest BCUT2D eigenvalue weighted by Crippen LogP contribution is -2.14. The molecule has 60 valence electrons. The molecular formula is C8H12N2O. The number of rotatable bonds is 3. The molecule has 0 aliphatic heterocycles. The third-order valence-electron chi connectivity index (χ3n) is 1.15. The molecule has 0 radical (unpaired) electrons. The first-order valence-electron chi connectivity index (χ1n) is 3.51. The highest BCUT2D eigenvalue weighted by molar-refractivity contribution is 6.27. The Kier molecular flexibility index (Phi) is 3.46. The van der Waals surface area contributed by atoms with Gasteiger partial charge < -0.3 is 0 Å². The predicted octanol–water partition coefficient (Wildman–Crippen LogP) is 1.34. The Morgan fingerprint density at radius 1 is 1.73 bits per heavy atom. The molecule has 0 amide bonds. The minimum atomic E-state index is -0.773. The van der Waals surface area contributed by atoms with Crippen molar-refractivity contribution in [2.75, 3.05) is 0 Å². The predicted molar refractivity (Wildman–Crippen MR) is 43.5 cm³/mol. The van der Waals surface area contributed by atoms with Crippen LogP contribution in [-0.4, -0.2) is 17.5 Å². The molecule has 0 heterocycles. The van der Waals surface area contributed by atoms with Crippen molar-refractivity contribution in [1.82, 2.24) is 0 Å². The molecule has 0 aromatic rings. The SMILES string of the molecule is CCC(=O)C=NC(C)(C)C#N. The molecule has 0 saturated heterocycles. The molecule has 0 atom stereocenters. The quantitative estimate of drug-likeness (QED) is 0.573. The summed E-state index contributed by atoms with van der Waals surface area (Å²) in [7, 11) is 0. The summed E-state index contributed by atoms with van der Waals surface area (Å²) < 4.78 is 0. The van der Waals surface area contributed by atoms with E-state index >= 15 is 0 Å². The van der Waals surface area contributed by atoms with E-state index in [2.05, 4.69) is 4.99 Å². The minimum absolute atomic E-state index is 0.0478. The Morgan fingerprint density at radius 3 is 2.64 bits per heavy atom. The molecule has 0 unspecified atom stereocenters. The summed E-state index contributed by atoms with van der Waals surface area (Å²) in [5.74, 6) is -0.0478. The van der Waals surface area contributed by atoms with Gasteiger partial charge in [0.15, 0.2) is 5.78 Å². The molecule has 0 N–H and O–H groups in total. The lowest BCUT2D eigenvalue weighted by Gasteiger charge is -2.06. The number of carbonyl (C=O) groups is 1. The molecule has 0 saturated carbocycles. The molecule has 0 aliphatic rings. The number of hydrogen-bond acceptors (Lipinski definition) is 3. The zero-order chi connectivity index (χ0) is 8.91. The number of nitrogens with zero attached hydrogens (tertiary/aromatic N) is 2. The Balaban J connectivity index is 4.15. The summed E-state index contributed by atoms with van der Waals surface area (Å²) in [4.78, 5) is 14.5. The fourth-order valence-electron chi connectivity index (χ4n) is 0.354. The van der Waals surface area contributed by atoms with Gasteiger partial charge >= 0.3 is 0 Å². The van der Waals surface area contributed by atoms with E-state index in [0.717, 1.165) is 0 Å². The second-order valence-electron chi connectivity index (χ2n) is 2.75. The zero-order valence-electron chi connectivity index (χ0n) is 7.09. The van der Waals surface area contributed by atoms with Gasteiger partial charge in [0.2, 0.25) is 0 Å². The van der Waals surface area contributed by atoms with Crippen LogP contribution < -0.4 is 0 Å². The van der Waals surface area contributed by atoms with E-state index in [1.807, 2.05) is 6.07 Å². The Bertz CT molecular complexity index is 211. The van der Waals surface area contributed by atoms with Crippen LogP contribution in [0.1, 0.15) is 27.2 Å². The van der Waals surface area contributed by atoms with E-state index in [0.29, 0.717) is 6.42 Å². The number of aliphatic imine (C=N–C) groups is 1. The third-order valence-corrected chi connectivity index (χ3v) is 1.15. The van der Waals surface area contributed by atoms with Crippen molar-refractivity contribution in [1.29, 1.82) is 5.26 Å². The molecule has 0 spiro atoms. The highest BCUT2D eigenvalue weighted by atomic mass is 16.1. The molecule has 0 aromatic heterocycles. The van der Waals surface area contributed by atoms with Crippen LogP contribution in [0.3, 0.4) is 0 Å². The number of hydrogen-bond donors (Lipinski definition) is 0. The summed E-state index contributed by atoms with van der Waals surface area (Å²) in [5, 5.41) is 8.50. The van der Waals surface area contributed by atoms with E-state index in [1.54, 1.807) is 20.8 Å². The molecule has 0 rings (SSSR count). The molecule has 3 nitrogen and oxygen atoms in total. The van der Waals surface area contributed by atoms with Crippen molar-refractivity contribution in [3.8, 4) is 6.07 Å². The van der Waals surface area contributed by atoms with Crippen LogP contribution in [-0.2, 0) is 4.79 Å². The van der Waals surface area contributed by atoms with Gasteiger partial charge in [0, 0.05) is 6.42 Å². The van der Waals surface area contributed by atoms with Crippen molar-refractivity contribution >= 4 is 12.0 Å². The Labute approximate surface area is 66.7 Å². The maximum absolute atomic E-state index is 10.7. The van der Waals surface area contributed by atoms with Crippen LogP contribution in [0.15, 0.2) is 4.99 Å². The first-order chi connectivity index (χ1) is 5.02. The summed E-state index contributed by atoms with van der Waals surface area (Å²) in [6.07, 6.45) is 1.66. The molecule has 0 aliphatic carbocycles. The summed E-state index contributed by atoms with van der Waals surface area (Å²) in [6, 6.07) is 1.97. The minimum Gasteiger partial charge on any atom is -0.293 e. The van der Waals surface area contributed by atoms with E-state index in [4.69, 9.17) is 5.26 Å². The van der Waals surface area contributed by atoms with Crippen molar-refractivity contribution in [2.45, 2.75) is 32.7 Å². The largest absolute Gasteiger partial charge is 0.293 e. The number of Topliss-reactive ketones (excluding diaryl/α,β-unsaturated/α-hetero) is 1. The number of nitriles is 1. The van der Waals surface area contributed by atoms with E-state index < -0.39 is 5.54 Å². The first kappa shape index (κ1) is 9.83. The Morgan fingerprint density at radius 2 is 2.27 bits per heavy atom. The Hall–Kier alpha value is -1.17. The smallest absolute Gasteiger partial charge is 0.173 e. The van der Waals surface area contributed by atoms with Crippen LogP contribution in [0.25, 0.3) is 0 Å². The average molecular weight is 152 g/mol. The van der Waals surface area contributed by atoms with Crippen molar-refractivity contribution < 1.29 is 4.79 Å². The fraction of sp³-hybridized carbons (Fsp3) is 0.625. The molecule has 0 aromatic carbocycles. The van der Waals surface area contributed by atoms with Crippen LogP contribution >= 0.6 is 0 Å². The van der Waals surface area contributed by atoms with Crippen LogP contribution in [0.4, 0.5) is 0 Å². The fourth-order valence-corrected chi connectivity index (χ4v) is 0.354. The second kappa shape index (κ2) is 3.87. The normalized spacial score (nSPS) is 11.5. The van der Waals surface area contributed by atoms with Gasteiger partial charge in [-0.05, 0) is 13.8 Å². The van der Waals surface area contributed by atoms with Crippen molar-refractivity contribution in [3.05, 3.63) is 0 Å². The van der Waals surface area contributed by atoms with Gasteiger partial charge in [-0.1, -0.05) is 6.92 Å². The van der Waals surface area contributed by atoms with Crippen LogP contribution in [0.5, 0.6) is 0 Å². The lowest BCUT2D eigenvalue weighted by molar-refractivity contribution is -0.112. The molecular weight excluding hydrogens is 140 g/mol. The van der Waals surface area contributed by atoms with Crippen LogP contribution in [0.2, 0.25) is 0 Å². The summed E-state index contributed by atoms with van der Waals surface area (Å²) in [6.45, 7) is 5.08. The lowest BCUT2D eigenvalue weighted by atomic mass is 10.1. The van der Waals surface area contributed by atoms with Crippen LogP contribution in [0, 0.1) is 11.3 Å². The highest BCUT2D eigenvalue weighted by Gasteiger charge is 2.12. The average Bonchev–Trinajstić information content (AvgIpc) is 2.00. The van der Waals surface area contributed by atoms with E-state index in [-0.39, 0.29) is 5.78 Å². The number of carbonyl (C=O) groups excluding carboxylic acids is 1. The molecule has 0 bridgehead atoms. The molecule has 11 heavy (non-hydrogen) atoms. The van der Waals surface area contributed by atoms with E-state index in [9.17, 15) is 4.79 Å². The van der Waals surface area contributed by atoms with Gasteiger partial charge in [0.05, 0.1) is 12.3 Å². The summed E-state index contributed by atoms with van der Waals surface area (Å²) in [5.41, 5.74) is -0.773. The van der Waals surface area contributed by atoms with Crippen molar-refractivity contribution in [2.24, 2.45) is 4.99 Å².